The maximum Gasteiger partial charge on any atom is 0.247 e. The zero-order valence-electron chi connectivity index (χ0n) is 15.2. The standard InChI is InChI=1S/C21H24N2O3/c1-3-11-23-19(24)13-16-8-4-5-10-18(16)20(23)21(25)22-14-15-7-6-9-17(12-15)26-2/h4-10,12,20H,3,11,13-14H2,1-2H3,(H,22,25)/t20-/m0/s1. The Morgan fingerprint density at radius 1 is 1.23 bits per heavy atom. The van der Waals surface area contributed by atoms with Crippen molar-refractivity contribution in [2.75, 3.05) is 13.7 Å². The molecular weight excluding hydrogens is 328 g/mol. The Morgan fingerprint density at radius 2 is 2.04 bits per heavy atom. The number of carbonyl (C=O) groups excluding carboxylic acids is 2. The van der Waals surface area contributed by atoms with Crippen LogP contribution in [0.4, 0.5) is 0 Å². The molecule has 0 saturated carbocycles. The van der Waals surface area contributed by atoms with Crippen LogP contribution < -0.4 is 10.1 Å². The van der Waals surface area contributed by atoms with E-state index in [1.54, 1.807) is 12.0 Å². The fraction of sp³-hybridized carbons (Fsp3) is 0.333. The van der Waals surface area contributed by atoms with Crippen LogP contribution in [0.25, 0.3) is 0 Å². The van der Waals surface area contributed by atoms with Gasteiger partial charge in [-0.05, 0) is 35.2 Å². The molecule has 1 N–H and O–H groups in total. The van der Waals surface area contributed by atoms with Crippen molar-refractivity contribution in [3.63, 3.8) is 0 Å². The fourth-order valence-electron chi connectivity index (χ4n) is 3.38. The number of ether oxygens (including phenoxy) is 1. The third kappa shape index (κ3) is 3.72. The average Bonchev–Trinajstić information content (AvgIpc) is 2.67. The molecule has 0 spiro atoms. The highest BCUT2D eigenvalue weighted by molar-refractivity contribution is 5.92. The number of nitrogens with zero attached hydrogens (tertiary/aromatic N) is 1. The van der Waals surface area contributed by atoms with E-state index in [9.17, 15) is 9.59 Å². The summed E-state index contributed by atoms with van der Waals surface area (Å²) in [5.41, 5.74) is 2.81. The third-order valence-corrected chi connectivity index (χ3v) is 4.64. The van der Waals surface area contributed by atoms with Crippen molar-refractivity contribution in [3.8, 4) is 5.75 Å². The molecule has 0 bridgehead atoms. The monoisotopic (exact) mass is 352 g/mol. The number of rotatable bonds is 6. The van der Waals surface area contributed by atoms with E-state index in [2.05, 4.69) is 5.32 Å². The summed E-state index contributed by atoms with van der Waals surface area (Å²) in [4.78, 5) is 27.2. The van der Waals surface area contributed by atoms with Crippen molar-refractivity contribution >= 4 is 11.8 Å². The molecule has 0 fully saturated rings. The molecule has 5 nitrogen and oxygen atoms in total. The molecule has 5 heteroatoms. The van der Waals surface area contributed by atoms with E-state index >= 15 is 0 Å². The number of benzene rings is 2. The van der Waals surface area contributed by atoms with Gasteiger partial charge >= 0.3 is 0 Å². The van der Waals surface area contributed by atoms with Gasteiger partial charge < -0.3 is 15.0 Å². The maximum absolute atomic E-state index is 13.0. The maximum atomic E-state index is 13.0. The van der Waals surface area contributed by atoms with E-state index in [0.29, 0.717) is 19.5 Å². The van der Waals surface area contributed by atoms with Gasteiger partial charge in [0.25, 0.3) is 0 Å². The van der Waals surface area contributed by atoms with Crippen molar-refractivity contribution in [1.82, 2.24) is 10.2 Å². The second kappa shape index (κ2) is 8.04. The Labute approximate surface area is 154 Å². The number of hydrogen-bond acceptors (Lipinski definition) is 3. The van der Waals surface area contributed by atoms with E-state index < -0.39 is 6.04 Å². The largest absolute Gasteiger partial charge is 0.497 e. The summed E-state index contributed by atoms with van der Waals surface area (Å²) in [6, 6.07) is 14.7. The molecule has 0 aromatic heterocycles. The molecule has 0 unspecified atom stereocenters. The van der Waals surface area contributed by atoms with Crippen molar-refractivity contribution in [2.24, 2.45) is 0 Å². The van der Waals surface area contributed by atoms with Gasteiger partial charge in [-0.25, -0.2) is 0 Å². The Hall–Kier alpha value is -2.82. The minimum atomic E-state index is -0.571. The first-order valence-corrected chi connectivity index (χ1v) is 8.92. The van der Waals surface area contributed by atoms with Crippen LogP contribution in [0, 0.1) is 0 Å². The van der Waals surface area contributed by atoms with Crippen LogP contribution in [0.2, 0.25) is 0 Å². The highest BCUT2D eigenvalue weighted by Gasteiger charge is 2.36. The number of fused-ring (bicyclic) bond motifs is 1. The summed E-state index contributed by atoms with van der Waals surface area (Å²) < 4.78 is 5.22. The van der Waals surface area contributed by atoms with Gasteiger partial charge in [-0.15, -0.1) is 0 Å². The summed E-state index contributed by atoms with van der Waals surface area (Å²) >= 11 is 0. The van der Waals surface area contributed by atoms with Gasteiger partial charge in [0.15, 0.2) is 0 Å². The van der Waals surface area contributed by atoms with E-state index in [1.807, 2.05) is 55.5 Å². The van der Waals surface area contributed by atoms with Gasteiger partial charge in [0.05, 0.1) is 13.5 Å². The molecule has 0 saturated heterocycles. The van der Waals surface area contributed by atoms with Gasteiger partial charge in [-0.2, -0.15) is 0 Å². The minimum absolute atomic E-state index is 0.00656. The molecule has 0 aliphatic carbocycles. The Morgan fingerprint density at radius 3 is 2.81 bits per heavy atom. The lowest BCUT2D eigenvalue weighted by molar-refractivity contribution is -0.141. The van der Waals surface area contributed by atoms with Crippen LogP contribution in [0.1, 0.15) is 36.1 Å². The smallest absolute Gasteiger partial charge is 0.247 e. The molecule has 1 heterocycles. The second-order valence-electron chi connectivity index (χ2n) is 6.43. The summed E-state index contributed by atoms with van der Waals surface area (Å²) in [5.74, 6) is 0.608. The molecule has 1 aliphatic heterocycles. The molecule has 2 amide bonds. The number of hydrogen-bond donors (Lipinski definition) is 1. The Kier molecular flexibility index (Phi) is 5.56. The van der Waals surface area contributed by atoms with E-state index in [0.717, 1.165) is 28.9 Å². The first-order chi connectivity index (χ1) is 12.6. The minimum Gasteiger partial charge on any atom is -0.497 e. The van der Waals surface area contributed by atoms with Crippen LogP contribution in [0.15, 0.2) is 48.5 Å². The number of nitrogens with one attached hydrogen (secondary N) is 1. The Bertz CT molecular complexity index is 803. The van der Waals surface area contributed by atoms with Crippen LogP contribution >= 0.6 is 0 Å². The molecule has 136 valence electrons. The average molecular weight is 352 g/mol. The van der Waals surface area contributed by atoms with Gasteiger partial charge in [0, 0.05) is 13.1 Å². The summed E-state index contributed by atoms with van der Waals surface area (Å²) in [6.07, 6.45) is 1.17. The lowest BCUT2D eigenvalue weighted by Gasteiger charge is -2.36. The highest BCUT2D eigenvalue weighted by atomic mass is 16.5. The first-order valence-electron chi connectivity index (χ1n) is 8.92. The number of methoxy groups -OCH3 is 1. The van der Waals surface area contributed by atoms with Crippen molar-refractivity contribution in [1.29, 1.82) is 0 Å². The molecule has 1 aliphatic rings. The highest BCUT2D eigenvalue weighted by Crippen LogP contribution is 2.30. The molecule has 2 aromatic carbocycles. The van der Waals surface area contributed by atoms with Gasteiger partial charge in [0.1, 0.15) is 11.8 Å². The van der Waals surface area contributed by atoms with Crippen LogP contribution in [-0.2, 0) is 22.6 Å². The van der Waals surface area contributed by atoms with E-state index in [1.165, 1.54) is 0 Å². The summed E-state index contributed by atoms with van der Waals surface area (Å²) in [7, 11) is 1.62. The molecule has 26 heavy (non-hydrogen) atoms. The number of amides is 2. The van der Waals surface area contributed by atoms with Gasteiger partial charge in [0.2, 0.25) is 11.8 Å². The van der Waals surface area contributed by atoms with Gasteiger partial charge in [-0.1, -0.05) is 43.3 Å². The van der Waals surface area contributed by atoms with Crippen molar-refractivity contribution < 1.29 is 14.3 Å². The van der Waals surface area contributed by atoms with Crippen molar-refractivity contribution in [2.45, 2.75) is 32.4 Å². The first kappa shape index (κ1) is 18.0. The van der Waals surface area contributed by atoms with Crippen LogP contribution in [0.5, 0.6) is 5.75 Å². The molecule has 3 rings (SSSR count). The fourth-order valence-corrected chi connectivity index (χ4v) is 3.38. The van der Waals surface area contributed by atoms with E-state index in [-0.39, 0.29) is 11.8 Å². The predicted octanol–water partition coefficient (Wildman–Crippen LogP) is 2.85. The van der Waals surface area contributed by atoms with E-state index in [4.69, 9.17) is 4.74 Å². The van der Waals surface area contributed by atoms with Crippen LogP contribution in [-0.4, -0.2) is 30.4 Å². The topological polar surface area (TPSA) is 58.6 Å². The van der Waals surface area contributed by atoms with Crippen LogP contribution in [0.3, 0.4) is 0 Å². The quantitative estimate of drug-likeness (QED) is 0.870. The summed E-state index contributed by atoms with van der Waals surface area (Å²) in [6.45, 7) is 2.98. The lowest BCUT2D eigenvalue weighted by Crippen LogP contribution is -2.47. The zero-order chi connectivity index (χ0) is 18.5. The predicted molar refractivity (Wildman–Crippen MR) is 99.7 cm³/mol. The van der Waals surface area contributed by atoms with Crippen molar-refractivity contribution in [3.05, 3.63) is 65.2 Å². The molecular formula is C21H24N2O3. The third-order valence-electron chi connectivity index (χ3n) is 4.64. The molecule has 2 aromatic rings. The zero-order valence-corrected chi connectivity index (χ0v) is 15.2. The summed E-state index contributed by atoms with van der Waals surface area (Å²) in [5, 5.41) is 2.98. The second-order valence-corrected chi connectivity index (χ2v) is 6.43. The Balaban J connectivity index is 1.81. The normalized spacial score (nSPS) is 16.2. The SMILES string of the molecule is CCCN1C(=O)Cc2ccccc2[C@H]1C(=O)NCc1cccc(OC)c1. The lowest BCUT2D eigenvalue weighted by atomic mass is 9.91. The molecule has 0 radical (unpaired) electrons. The number of carbonyl (C=O) groups is 2. The van der Waals surface area contributed by atoms with Gasteiger partial charge in [-0.3, -0.25) is 9.59 Å². The molecule has 1 atom stereocenters.